The number of nitrogens with zero attached hydrogens (tertiary/aromatic N) is 2. The van der Waals surface area contributed by atoms with Gasteiger partial charge < -0.3 is 19.9 Å². The van der Waals surface area contributed by atoms with Crippen LogP contribution in [-0.4, -0.2) is 55.9 Å². The molecule has 1 aliphatic rings. The molecule has 1 heterocycles. The van der Waals surface area contributed by atoms with Crippen molar-refractivity contribution in [3.05, 3.63) is 23.8 Å². The Morgan fingerprint density at radius 1 is 1.26 bits per heavy atom. The lowest BCUT2D eigenvalue weighted by Gasteiger charge is -2.30. The van der Waals surface area contributed by atoms with Crippen LogP contribution in [0.1, 0.15) is 58.4 Å². The maximum Gasteiger partial charge on any atom is 0.224 e. The molecule has 1 saturated heterocycles. The smallest absolute Gasteiger partial charge is 0.224 e. The Labute approximate surface area is 192 Å². The number of ether oxygens (including phenoxy) is 1. The Bertz CT molecular complexity index is 740. The number of carbonyl (C=O) groups excluding carboxylic acids is 2. The van der Waals surface area contributed by atoms with E-state index in [9.17, 15) is 9.59 Å². The minimum Gasteiger partial charge on any atom is -0.377 e. The lowest BCUT2D eigenvalue weighted by molar-refractivity contribution is -0.135. The Morgan fingerprint density at radius 2 is 2.00 bits per heavy atom. The number of benzene rings is 1. The summed E-state index contributed by atoms with van der Waals surface area (Å²) in [6.45, 7) is 8.08. The van der Waals surface area contributed by atoms with Crippen LogP contribution in [-0.2, 0) is 20.9 Å². The minimum atomic E-state index is -0.0888. The average Bonchev–Trinajstić information content (AvgIpc) is 3.17. The van der Waals surface area contributed by atoms with Crippen LogP contribution in [0.15, 0.2) is 18.2 Å². The van der Waals surface area contributed by atoms with Gasteiger partial charge in [-0.2, -0.15) is 0 Å². The largest absolute Gasteiger partial charge is 0.377 e. The van der Waals surface area contributed by atoms with Crippen molar-refractivity contribution in [3.63, 3.8) is 0 Å². The van der Waals surface area contributed by atoms with Gasteiger partial charge in [-0.25, -0.2) is 0 Å². The molecule has 0 saturated carbocycles. The zero-order chi connectivity index (χ0) is 23.0. The molecule has 1 aromatic rings. The van der Waals surface area contributed by atoms with Crippen LogP contribution in [0, 0.1) is 5.41 Å². The summed E-state index contributed by atoms with van der Waals surface area (Å²) in [5.74, 6) is 0.542. The molecule has 1 aromatic carbocycles. The van der Waals surface area contributed by atoms with E-state index >= 15 is 0 Å². The lowest BCUT2D eigenvalue weighted by atomic mass is 9.91. The molecule has 0 spiro atoms. The van der Waals surface area contributed by atoms with Crippen LogP contribution >= 0.6 is 11.6 Å². The molecule has 1 atom stereocenters. The first kappa shape index (κ1) is 25.5. The summed E-state index contributed by atoms with van der Waals surface area (Å²) in [5, 5.41) is 2.95. The van der Waals surface area contributed by atoms with Crippen molar-refractivity contribution in [2.75, 3.05) is 43.3 Å². The van der Waals surface area contributed by atoms with Gasteiger partial charge >= 0.3 is 0 Å². The number of hydrogen-bond acceptors (Lipinski definition) is 4. The number of carbonyl (C=O) groups is 2. The molecule has 0 aromatic heterocycles. The highest BCUT2D eigenvalue weighted by atomic mass is 35.5. The van der Waals surface area contributed by atoms with Gasteiger partial charge in [0.25, 0.3) is 0 Å². The Hall–Kier alpha value is -1.79. The third kappa shape index (κ3) is 8.69. The summed E-state index contributed by atoms with van der Waals surface area (Å²) >= 11 is 5.70. The number of alkyl halides is 1. The van der Waals surface area contributed by atoms with Gasteiger partial charge in [0, 0.05) is 63.9 Å². The first-order valence-electron chi connectivity index (χ1n) is 11.1. The van der Waals surface area contributed by atoms with Crippen LogP contribution in [0.25, 0.3) is 0 Å². The van der Waals surface area contributed by atoms with Gasteiger partial charge in [0.1, 0.15) is 0 Å². The molecule has 1 unspecified atom stereocenters. The molecule has 1 N–H and O–H groups in total. The number of halogens is 1. The summed E-state index contributed by atoms with van der Waals surface area (Å²) in [5.41, 5.74) is 2.68. The number of rotatable bonds is 10. The molecular weight excluding hydrogens is 414 g/mol. The fraction of sp³-hybridized carbons (Fsp3) is 0.667. The second-order valence-electron chi connectivity index (χ2n) is 9.73. The molecule has 1 aliphatic heterocycles. The second-order valence-corrected chi connectivity index (χ2v) is 10.1. The van der Waals surface area contributed by atoms with Crippen LogP contribution in [0.5, 0.6) is 0 Å². The maximum atomic E-state index is 13.2. The molecule has 6 nitrogen and oxygen atoms in total. The van der Waals surface area contributed by atoms with Crippen LogP contribution in [0.3, 0.4) is 0 Å². The third-order valence-electron chi connectivity index (χ3n) is 5.23. The highest BCUT2D eigenvalue weighted by Gasteiger charge is 2.26. The average molecular weight is 452 g/mol. The molecule has 7 heteroatoms. The standard InChI is InChI=1S/C24H38ClN3O3/c1-24(2,3)15-23(30)28(17-20-8-7-13-31-20)16-18-14-19(10-11-21(18)27(4)5)26-22(29)9-6-12-25/h10-11,14,20H,6-9,12-13,15-17H2,1-5H3,(H,26,29). The van der Waals surface area contributed by atoms with Gasteiger partial charge in [-0.1, -0.05) is 20.8 Å². The molecule has 1 fully saturated rings. The Kier molecular flexibility index (Phi) is 9.63. The van der Waals surface area contributed by atoms with Crippen molar-refractivity contribution in [3.8, 4) is 0 Å². The van der Waals surface area contributed by atoms with Gasteiger partial charge in [-0.3, -0.25) is 9.59 Å². The van der Waals surface area contributed by atoms with Crippen molar-refractivity contribution in [2.24, 2.45) is 5.41 Å². The van der Waals surface area contributed by atoms with Gasteiger partial charge in [-0.15, -0.1) is 11.6 Å². The van der Waals surface area contributed by atoms with Crippen molar-refractivity contribution in [1.82, 2.24) is 4.90 Å². The van der Waals surface area contributed by atoms with Crippen molar-refractivity contribution >= 4 is 34.8 Å². The van der Waals surface area contributed by atoms with Gasteiger partial charge in [0.2, 0.25) is 11.8 Å². The predicted molar refractivity (Wildman–Crippen MR) is 128 cm³/mol. The quantitative estimate of drug-likeness (QED) is 0.526. The topological polar surface area (TPSA) is 61.9 Å². The molecule has 0 aliphatic carbocycles. The maximum absolute atomic E-state index is 13.2. The monoisotopic (exact) mass is 451 g/mol. The first-order valence-corrected chi connectivity index (χ1v) is 11.7. The van der Waals surface area contributed by atoms with E-state index in [1.165, 1.54) is 0 Å². The van der Waals surface area contributed by atoms with Gasteiger partial charge in [0.05, 0.1) is 6.10 Å². The van der Waals surface area contributed by atoms with E-state index in [2.05, 4.69) is 26.1 Å². The molecule has 0 radical (unpaired) electrons. The van der Waals surface area contributed by atoms with E-state index in [0.29, 0.717) is 38.2 Å². The zero-order valence-electron chi connectivity index (χ0n) is 19.7. The molecule has 2 rings (SSSR count). The van der Waals surface area contributed by atoms with Gasteiger partial charge in [-0.05, 0) is 48.4 Å². The fourth-order valence-corrected chi connectivity index (χ4v) is 3.87. The number of anilines is 2. The van der Waals surface area contributed by atoms with Crippen molar-refractivity contribution < 1.29 is 14.3 Å². The third-order valence-corrected chi connectivity index (χ3v) is 5.49. The van der Waals surface area contributed by atoms with Crippen LogP contribution < -0.4 is 10.2 Å². The van der Waals surface area contributed by atoms with Crippen LogP contribution in [0.2, 0.25) is 0 Å². The summed E-state index contributed by atoms with van der Waals surface area (Å²) in [6.07, 6.45) is 3.63. The fourth-order valence-electron chi connectivity index (χ4n) is 3.74. The van der Waals surface area contributed by atoms with Gasteiger partial charge in [0.15, 0.2) is 0 Å². The number of nitrogens with one attached hydrogen (secondary N) is 1. The summed E-state index contributed by atoms with van der Waals surface area (Å²) in [7, 11) is 3.97. The zero-order valence-corrected chi connectivity index (χ0v) is 20.4. The molecular formula is C24H38ClN3O3. The summed E-state index contributed by atoms with van der Waals surface area (Å²) in [4.78, 5) is 29.3. The SMILES string of the molecule is CN(C)c1ccc(NC(=O)CCCCl)cc1CN(CC1CCCO1)C(=O)CC(C)(C)C. The van der Waals surface area contributed by atoms with E-state index in [1.54, 1.807) is 0 Å². The van der Waals surface area contributed by atoms with E-state index in [0.717, 1.165) is 36.4 Å². The highest BCUT2D eigenvalue weighted by molar-refractivity contribution is 6.18. The normalized spacial score (nSPS) is 16.3. The number of hydrogen-bond donors (Lipinski definition) is 1. The molecule has 0 bridgehead atoms. The van der Waals surface area contributed by atoms with E-state index in [-0.39, 0.29) is 23.3 Å². The molecule has 31 heavy (non-hydrogen) atoms. The minimum absolute atomic E-state index is 0.0516. The first-order chi connectivity index (χ1) is 14.6. The van der Waals surface area contributed by atoms with E-state index in [4.69, 9.17) is 16.3 Å². The number of amides is 2. The summed E-state index contributed by atoms with van der Waals surface area (Å²) in [6, 6.07) is 5.87. The Morgan fingerprint density at radius 3 is 2.58 bits per heavy atom. The second kappa shape index (κ2) is 11.7. The highest BCUT2D eigenvalue weighted by Crippen LogP contribution is 2.27. The van der Waals surface area contributed by atoms with E-state index < -0.39 is 0 Å². The Balaban J connectivity index is 2.25. The van der Waals surface area contributed by atoms with Crippen molar-refractivity contribution in [1.29, 1.82) is 0 Å². The molecule has 174 valence electrons. The lowest BCUT2D eigenvalue weighted by Crippen LogP contribution is -2.38. The van der Waals surface area contributed by atoms with Crippen LogP contribution in [0.4, 0.5) is 11.4 Å². The molecule has 2 amide bonds. The summed E-state index contributed by atoms with van der Waals surface area (Å²) < 4.78 is 5.82. The predicted octanol–water partition coefficient (Wildman–Crippen LogP) is 4.65. The van der Waals surface area contributed by atoms with E-state index in [1.807, 2.05) is 42.1 Å². The van der Waals surface area contributed by atoms with Crippen molar-refractivity contribution in [2.45, 2.75) is 65.5 Å².